The average Bonchev–Trinajstić information content (AvgIpc) is 2.46. The number of carbonyl (C=O) groups excluding carboxylic acids is 1. The molecule has 19 heavy (non-hydrogen) atoms. The van der Waals surface area contributed by atoms with Crippen LogP contribution in [0, 0.1) is 5.92 Å². The minimum Gasteiger partial charge on any atom is -0.323 e. The Balaban J connectivity index is 2.17. The Kier molecular flexibility index (Phi) is 4.35. The van der Waals surface area contributed by atoms with Gasteiger partial charge in [0.2, 0.25) is 0 Å². The molecular weight excluding hydrogens is 258 g/mol. The molecule has 0 spiro atoms. The highest BCUT2D eigenvalue weighted by molar-refractivity contribution is 6.30. The highest BCUT2D eigenvalue weighted by Crippen LogP contribution is 2.24. The summed E-state index contributed by atoms with van der Waals surface area (Å²) in [6.45, 7) is 1.86. The second-order valence-corrected chi connectivity index (χ2v) is 5.03. The zero-order valence-electron chi connectivity index (χ0n) is 10.7. The van der Waals surface area contributed by atoms with E-state index in [0.717, 1.165) is 5.56 Å². The van der Waals surface area contributed by atoms with Crippen molar-refractivity contribution in [1.82, 2.24) is 0 Å². The lowest BCUT2D eigenvalue weighted by atomic mass is 9.89. The Labute approximate surface area is 118 Å². The van der Waals surface area contributed by atoms with Crippen molar-refractivity contribution in [2.75, 3.05) is 0 Å². The van der Waals surface area contributed by atoms with E-state index >= 15 is 0 Å². The van der Waals surface area contributed by atoms with Gasteiger partial charge in [-0.25, -0.2) is 0 Å². The Morgan fingerprint density at radius 1 is 1.05 bits per heavy atom. The molecule has 2 aromatic carbocycles. The van der Waals surface area contributed by atoms with E-state index in [2.05, 4.69) is 0 Å². The van der Waals surface area contributed by atoms with Crippen LogP contribution in [0.5, 0.6) is 0 Å². The number of ketones is 1. The number of rotatable bonds is 4. The van der Waals surface area contributed by atoms with E-state index in [1.54, 1.807) is 12.1 Å². The van der Waals surface area contributed by atoms with Gasteiger partial charge in [0.15, 0.2) is 5.78 Å². The predicted octanol–water partition coefficient (Wildman–Crippen LogP) is 3.86. The molecule has 98 valence electrons. The molecule has 2 rings (SSSR count). The van der Waals surface area contributed by atoms with Crippen LogP contribution in [-0.4, -0.2) is 5.78 Å². The lowest BCUT2D eigenvalue weighted by molar-refractivity contribution is 0.0913. The van der Waals surface area contributed by atoms with Gasteiger partial charge in [-0.05, 0) is 17.7 Å². The van der Waals surface area contributed by atoms with E-state index < -0.39 is 0 Å². The summed E-state index contributed by atoms with van der Waals surface area (Å²) in [7, 11) is 0. The lowest BCUT2D eigenvalue weighted by Crippen LogP contribution is -2.26. The van der Waals surface area contributed by atoms with E-state index in [1.807, 2.05) is 49.4 Å². The molecule has 0 fully saturated rings. The highest BCUT2D eigenvalue weighted by atomic mass is 35.5. The lowest BCUT2D eigenvalue weighted by Gasteiger charge is -2.19. The van der Waals surface area contributed by atoms with Crippen LogP contribution in [0.3, 0.4) is 0 Å². The van der Waals surface area contributed by atoms with E-state index in [4.69, 9.17) is 17.3 Å². The fourth-order valence-corrected chi connectivity index (χ4v) is 2.13. The summed E-state index contributed by atoms with van der Waals surface area (Å²) in [6.07, 6.45) is 0. The van der Waals surface area contributed by atoms with E-state index in [9.17, 15) is 4.79 Å². The highest BCUT2D eigenvalue weighted by Gasteiger charge is 2.23. The van der Waals surface area contributed by atoms with E-state index in [0.29, 0.717) is 10.6 Å². The van der Waals surface area contributed by atoms with Crippen LogP contribution >= 0.6 is 11.6 Å². The van der Waals surface area contributed by atoms with Crippen molar-refractivity contribution in [2.24, 2.45) is 11.7 Å². The first-order valence-electron chi connectivity index (χ1n) is 6.20. The molecule has 0 heterocycles. The molecule has 2 nitrogen and oxygen atoms in total. The Morgan fingerprint density at radius 3 is 2.21 bits per heavy atom. The van der Waals surface area contributed by atoms with Crippen LogP contribution < -0.4 is 5.73 Å². The monoisotopic (exact) mass is 273 g/mol. The summed E-state index contributed by atoms with van der Waals surface area (Å²) in [4.78, 5) is 12.3. The van der Waals surface area contributed by atoms with E-state index in [-0.39, 0.29) is 17.7 Å². The topological polar surface area (TPSA) is 43.1 Å². The minimum atomic E-state index is -0.329. The summed E-state index contributed by atoms with van der Waals surface area (Å²) in [5.41, 5.74) is 7.77. The molecule has 2 atom stereocenters. The third-order valence-corrected chi connectivity index (χ3v) is 3.52. The number of Topliss-reactive ketones (excluding diaryl/α,β-unsaturated/α-hetero) is 1. The summed E-state index contributed by atoms with van der Waals surface area (Å²) in [5, 5.41) is 0.665. The second-order valence-electron chi connectivity index (χ2n) is 4.60. The van der Waals surface area contributed by atoms with Gasteiger partial charge >= 0.3 is 0 Å². The van der Waals surface area contributed by atoms with Gasteiger partial charge in [-0.3, -0.25) is 4.79 Å². The standard InChI is InChI=1S/C16H16ClNO/c1-11(16(19)13-5-3-2-4-6-13)15(18)12-7-9-14(17)10-8-12/h2-11,15H,18H2,1H3/t11-,15+/m0/s1. The van der Waals surface area contributed by atoms with Crippen molar-refractivity contribution in [2.45, 2.75) is 13.0 Å². The van der Waals surface area contributed by atoms with Crippen molar-refractivity contribution in [3.05, 3.63) is 70.7 Å². The maximum Gasteiger partial charge on any atom is 0.167 e. The number of hydrogen-bond donors (Lipinski definition) is 1. The van der Waals surface area contributed by atoms with Gasteiger partial charge in [-0.1, -0.05) is 61.0 Å². The first-order chi connectivity index (χ1) is 9.09. The maximum absolute atomic E-state index is 12.3. The summed E-state index contributed by atoms with van der Waals surface area (Å²) >= 11 is 5.85. The van der Waals surface area contributed by atoms with Crippen molar-refractivity contribution >= 4 is 17.4 Å². The quantitative estimate of drug-likeness (QED) is 0.860. The van der Waals surface area contributed by atoms with Crippen LogP contribution in [0.15, 0.2) is 54.6 Å². The number of hydrogen-bond acceptors (Lipinski definition) is 2. The molecule has 2 N–H and O–H groups in total. The normalized spacial score (nSPS) is 13.8. The van der Waals surface area contributed by atoms with Crippen LogP contribution in [0.25, 0.3) is 0 Å². The molecule has 0 aliphatic rings. The first-order valence-corrected chi connectivity index (χ1v) is 6.57. The van der Waals surface area contributed by atoms with Crippen LogP contribution in [0.4, 0.5) is 0 Å². The van der Waals surface area contributed by atoms with Crippen molar-refractivity contribution in [3.8, 4) is 0 Å². The van der Waals surface area contributed by atoms with Crippen LogP contribution in [0.1, 0.15) is 28.9 Å². The number of halogens is 1. The summed E-state index contributed by atoms with van der Waals surface area (Å²) in [6, 6.07) is 16.2. The molecule has 0 saturated carbocycles. The molecular formula is C16H16ClNO. The molecule has 0 saturated heterocycles. The molecule has 0 aromatic heterocycles. The molecule has 0 aliphatic heterocycles. The number of nitrogens with two attached hydrogens (primary N) is 1. The Hall–Kier alpha value is -1.64. The van der Waals surface area contributed by atoms with E-state index in [1.165, 1.54) is 0 Å². The largest absolute Gasteiger partial charge is 0.323 e. The first kappa shape index (κ1) is 13.8. The van der Waals surface area contributed by atoms with Crippen molar-refractivity contribution in [3.63, 3.8) is 0 Å². The average molecular weight is 274 g/mol. The minimum absolute atomic E-state index is 0.0584. The molecule has 0 radical (unpaired) electrons. The SMILES string of the molecule is C[C@H](C(=O)c1ccccc1)[C@@H](N)c1ccc(Cl)cc1. The van der Waals surface area contributed by atoms with Crippen molar-refractivity contribution in [1.29, 1.82) is 0 Å². The van der Waals surface area contributed by atoms with Crippen molar-refractivity contribution < 1.29 is 4.79 Å². The Morgan fingerprint density at radius 2 is 1.63 bits per heavy atom. The van der Waals surface area contributed by atoms with Crippen LogP contribution in [-0.2, 0) is 0 Å². The smallest absolute Gasteiger partial charge is 0.167 e. The molecule has 0 amide bonds. The van der Waals surface area contributed by atoms with Gasteiger partial charge in [-0.15, -0.1) is 0 Å². The second kappa shape index (κ2) is 6.00. The van der Waals surface area contributed by atoms with Gasteiger partial charge in [0.25, 0.3) is 0 Å². The third kappa shape index (κ3) is 3.22. The summed E-state index contributed by atoms with van der Waals surface area (Å²) in [5.74, 6) is -0.216. The summed E-state index contributed by atoms with van der Waals surface area (Å²) < 4.78 is 0. The molecule has 3 heteroatoms. The van der Waals surface area contributed by atoms with Gasteiger partial charge in [0, 0.05) is 22.5 Å². The molecule has 0 aliphatic carbocycles. The van der Waals surface area contributed by atoms with Gasteiger partial charge in [0.05, 0.1) is 0 Å². The number of benzene rings is 2. The zero-order chi connectivity index (χ0) is 13.8. The van der Waals surface area contributed by atoms with Gasteiger partial charge in [0.1, 0.15) is 0 Å². The Bertz CT molecular complexity index is 551. The van der Waals surface area contributed by atoms with Gasteiger partial charge < -0.3 is 5.73 Å². The van der Waals surface area contributed by atoms with Crippen LogP contribution in [0.2, 0.25) is 5.02 Å². The van der Waals surface area contributed by atoms with Gasteiger partial charge in [-0.2, -0.15) is 0 Å². The fraction of sp³-hybridized carbons (Fsp3) is 0.188. The molecule has 2 aromatic rings. The third-order valence-electron chi connectivity index (χ3n) is 3.27. The maximum atomic E-state index is 12.3. The molecule has 0 unspecified atom stereocenters. The predicted molar refractivity (Wildman–Crippen MR) is 78.3 cm³/mol. The number of carbonyl (C=O) groups is 1. The fourth-order valence-electron chi connectivity index (χ4n) is 2.00. The molecule has 0 bridgehead atoms. The zero-order valence-corrected chi connectivity index (χ0v) is 11.5.